The summed E-state index contributed by atoms with van der Waals surface area (Å²) in [6.45, 7) is 2.79. The number of alkyl halides is 3. The van der Waals surface area contributed by atoms with Crippen LogP contribution >= 0.6 is 0 Å². The van der Waals surface area contributed by atoms with Crippen molar-refractivity contribution in [2.45, 2.75) is 64.0 Å². The second kappa shape index (κ2) is 10.5. The summed E-state index contributed by atoms with van der Waals surface area (Å²) in [6, 6.07) is 6.59. The molecule has 1 saturated heterocycles. The van der Waals surface area contributed by atoms with Gasteiger partial charge in [0.1, 0.15) is 5.65 Å². The summed E-state index contributed by atoms with van der Waals surface area (Å²) in [4.78, 5) is 32.2. The van der Waals surface area contributed by atoms with E-state index in [0.29, 0.717) is 42.6 Å². The van der Waals surface area contributed by atoms with Crippen molar-refractivity contribution >= 4 is 22.7 Å². The number of aryl methyl sites for hydroxylation is 2. The predicted octanol–water partition coefficient (Wildman–Crippen LogP) is 6.09. The van der Waals surface area contributed by atoms with E-state index in [1.807, 2.05) is 11.0 Å². The molecule has 1 saturated carbocycles. The van der Waals surface area contributed by atoms with Crippen LogP contribution < -0.4 is 0 Å². The SMILES string of the molecule is Cc1ccc(C(=O)Cc2cnc3c(c(C4CCN(C(=O)C5CCCC5)CC4)cn3C)c2C(F)(F)F)cc1C#N. The first-order chi connectivity index (χ1) is 18.6. The van der Waals surface area contributed by atoms with Crippen LogP contribution in [0.5, 0.6) is 0 Å². The lowest BCUT2D eigenvalue weighted by Crippen LogP contribution is -2.40. The fourth-order valence-corrected chi connectivity index (χ4v) is 6.22. The molecule has 0 radical (unpaired) electrons. The van der Waals surface area contributed by atoms with E-state index in [1.165, 1.54) is 12.1 Å². The van der Waals surface area contributed by atoms with Gasteiger partial charge < -0.3 is 9.47 Å². The van der Waals surface area contributed by atoms with Crippen molar-refractivity contribution in [3.8, 4) is 6.07 Å². The Balaban J connectivity index is 1.47. The molecule has 2 aromatic heterocycles. The van der Waals surface area contributed by atoms with Crippen molar-refractivity contribution in [2.24, 2.45) is 13.0 Å². The molecule has 39 heavy (non-hydrogen) atoms. The number of Topliss-reactive ketones (excluding diaryl/α,β-unsaturated/α-hetero) is 1. The first-order valence-electron chi connectivity index (χ1n) is 13.4. The summed E-state index contributed by atoms with van der Waals surface area (Å²) >= 11 is 0. The number of fused-ring (bicyclic) bond motifs is 1. The number of hydrogen-bond acceptors (Lipinski definition) is 4. The van der Waals surface area contributed by atoms with Gasteiger partial charge in [-0.3, -0.25) is 9.59 Å². The van der Waals surface area contributed by atoms with Crippen molar-refractivity contribution in [2.75, 3.05) is 13.1 Å². The van der Waals surface area contributed by atoms with Crippen LogP contribution in [-0.2, 0) is 24.4 Å². The number of rotatable bonds is 5. The Kier molecular flexibility index (Phi) is 7.23. The Morgan fingerprint density at radius 1 is 1.13 bits per heavy atom. The topological polar surface area (TPSA) is 79.0 Å². The number of carbonyl (C=O) groups excluding carboxylic acids is 2. The van der Waals surface area contributed by atoms with Crippen molar-refractivity contribution in [3.05, 3.63) is 64.0 Å². The molecule has 0 spiro atoms. The number of likely N-dealkylation sites (tertiary alicyclic amines) is 1. The van der Waals surface area contributed by atoms with Gasteiger partial charge in [0.15, 0.2) is 5.78 Å². The van der Waals surface area contributed by atoms with E-state index in [2.05, 4.69) is 4.98 Å². The molecule has 0 bridgehead atoms. The average molecular weight is 537 g/mol. The van der Waals surface area contributed by atoms with Gasteiger partial charge in [0.2, 0.25) is 5.91 Å². The lowest BCUT2D eigenvalue weighted by atomic mass is 9.86. The minimum Gasteiger partial charge on any atom is -0.342 e. The highest BCUT2D eigenvalue weighted by Gasteiger charge is 2.39. The van der Waals surface area contributed by atoms with Gasteiger partial charge in [-0.2, -0.15) is 18.4 Å². The van der Waals surface area contributed by atoms with E-state index < -0.39 is 23.9 Å². The lowest BCUT2D eigenvalue weighted by Gasteiger charge is -2.33. The highest BCUT2D eigenvalue weighted by Crippen LogP contribution is 2.43. The number of benzene rings is 1. The molecular weight excluding hydrogens is 505 g/mol. The van der Waals surface area contributed by atoms with Gasteiger partial charge in [0.25, 0.3) is 0 Å². The Morgan fingerprint density at radius 2 is 1.82 bits per heavy atom. The quantitative estimate of drug-likeness (QED) is 0.370. The van der Waals surface area contributed by atoms with E-state index in [-0.39, 0.29) is 39.9 Å². The van der Waals surface area contributed by atoms with Crippen LogP contribution in [0, 0.1) is 24.2 Å². The van der Waals surface area contributed by atoms with Gasteiger partial charge >= 0.3 is 6.18 Å². The molecule has 0 unspecified atom stereocenters. The van der Waals surface area contributed by atoms with Gasteiger partial charge in [-0.25, -0.2) is 4.98 Å². The third-order valence-corrected chi connectivity index (χ3v) is 8.36. The fraction of sp³-hybridized carbons (Fsp3) is 0.467. The Morgan fingerprint density at radius 3 is 2.46 bits per heavy atom. The number of nitriles is 1. The van der Waals surface area contributed by atoms with Gasteiger partial charge in [-0.05, 0) is 61.3 Å². The summed E-state index contributed by atoms with van der Waals surface area (Å²) < 4.78 is 45.6. The summed E-state index contributed by atoms with van der Waals surface area (Å²) in [5.41, 5.74) is 0.982. The number of piperidine rings is 1. The number of amides is 1. The van der Waals surface area contributed by atoms with Crippen molar-refractivity contribution in [1.29, 1.82) is 5.26 Å². The molecule has 204 valence electrons. The smallest absolute Gasteiger partial charge is 0.342 e. The second-order valence-corrected chi connectivity index (χ2v) is 10.9. The summed E-state index contributed by atoms with van der Waals surface area (Å²) in [5, 5.41) is 9.34. The van der Waals surface area contributed by atoms with E-state index in [4.69, 9.17) is 0 Å². The van der Waals surface area contributed by atoms with Crippen molar-refractivity contribution in [3.63, 3.8) is 0 Å². The highest BCUT2D eigenvalue weighted by molar-refractivity contribution is 5.99. The number of halogens is 3. The molecule has 9 heteroatoms. The van der Waals surface area contributed by atoms with Gasteiger partial charge in [-0.1, -0.05) is 25.0 Å². The van der Waals surface area contributed by atoms with Crippen LogP contribution in [0.3, 0.4) is 0 Å². The third kappa shape index (κ3) is 5.17. The summed E-state index contributed by atoms with van der Waals surface area (Å²) in [7, 11) is 1.68. The molecule has 2 fully saturated rings. The van der Waals surface area contributed by atoms with Gasteiger partial charge in [0.05, 0.1) is 17.2 Å². The summed E-state index contributed by atoms with van der Waals surface area (Å²) in [5.74, 6) is -0.393. The van der Waals surface area contributed by atoms with E-state index in [1.54, 1.807) is 30.8 Å². The Bertz CT molecular complexity index is 1470. The molecule has 3 heterocycles. The molecule has 1 amide bonds. The number of carbonyl (C=O) groups is 2. The normalized spacial score (nSPS) is 17.1. The number of pyridine rings is 1. The molecule has 1 aliphatic carbocycles. The molecule has 6 nitrogen and oxygen atoms in total. The van der Waals surface area contributed by atoms with Crippen LogP contribution in [0.2, 0.25) is 0 Å². The first-order valence-corrected chi connectivity index (χ1v) is 13.4. The van der Waals surface area contributed by atoms with Crippen LogP contribution in [0.1, 0.15) is 82.6 Å². The number of hydrogen-bond donors (Lipinski definition) is 0. The van der Waals surface area contributed by atoms with Crippen LogP contribution in [0.4, 0.5) is 13.2 Å². The predicted molar refractivity (Wildman–Crippen MR) is 140 cm³/mol. The van der Waals surface area contributed by atoms with Crippen LogP contribution in [0.15, 0.2) is 30.6 Å². The minimum absolute atomic E-state index is 0.0393. The molecule has 3 aromatic rings. The van der Waals surface area contributed by atoms with E-state index in [0.717, 1.165) is 31.9 Å². The van der Waals surface area contributed by atoms with Crippen LogP contribution in [0.25, 0.3) is 11.0 Å². The molecular formula is C30H31F3N4O2. The number of ketones is 1. The number of nitrogens with zero attached hydrogens (tertiary/aromatic N) is 4. The van der Waals surface area contributed by atoms with Gasteiger partial charge in [-0.15, -0.1) is 0 Å². The third-order valence-electron chi connectivity index (χ3n) is 8.36. The maximum Gasteiger partial charge on any atom is 0.417 e. The first kappa shape index (κ1) is 26.9. The monoisotopic (exact) mass is 536 g/mol. The Hall–Kier alpha value is -3.67. The zero-order valence-corrected chi connectivity index (χ0v) is 22.1. The van der Waals surface area contributed by atoms with E-state index >= 15 is 0 Å². The average Bonchev–Trinajstić information content (AvgIpc) is 3.56. The van der Waals surface area contributed by atoms with E-state index in [9.17, 15) is 28.0 Å². The molecule has 5 rings (SSSR count). The molecule has 1 aromatic carbocycles. The molecule has 0 N–H and O–H groups in total. The largest absolute Gasteiger partial charge is 0.417 e. The molecule has 0 atom stereocenters. The number of aromatic nitrogens is 2. The van der Waals surface area contributed by atoms with Crippen molar-refractivity contribution in [1.82, 2.24) is 14.5 Å². The fourth-order valence-electron chi connectivity index (χ4n) is 6.22. The van der Waals surface area contributed by atoms with Crippen molar-refractivity contribution < 1.29 is 22.8 Å². The van der Waals surface area contributed by atoms with Crippen LogP contribution in [-0.4, -0.2) is 39.2 Å². The zero-order valence-electron chi connectivity index (χ0n) is 22.1. The maximum atomic E-state index is 14.7. The summed E-state index contributed by atoms with van der Waals surface area (Å²) in [6.07, 6.45) is 2.85. The minimum atomic E-state index is -4.70. The maximum absolute atomic E-state index is 14.7. The zero-order chi connectivity index (χ0) is 27.9. The standard InChI is InChI=1S/C30H31F3N4O2/c1-18-7-8-21(13-22(18)15-34)25(38)14-23-16-35-28-26(27(23)30(31,32)33)24(17-36(28)2)19-9-11-37(12-10-19)29(39)20-5-3-4-6-20/h7-8,13,16-17,19-20H,3-6,9-12,14H2,1-2H3. The highest BCUT2D eigenvalue weighted by atomic mass is 19.4. The second-order valence-electron chi connectivity index (χ2n) is 10.9. The molecule has 2 aliphatic rings. The Labute approximate surface area is 225 Å². The molecule has 1 aliphatic heterocycles. The van der Waals surface area contributed by atoms with Gasteiger partial charge in [0, 0.05) is 55.8 Å². The lowest BCUT2D eigenvalue weighted by molar-refractivity contribution is -0.137.